The highest BCUT2D eigenvalue weighted by molar-refractivity contribution is 5.48. The van der Waals surface area contributed by atoms with Gasteiger partial charge in [-0.1, -0.05) is 13.8 Å². The van der Waals surface area contributed by atoms with Gasteiger partial charge >= 0.3 is 0 Å². The molecule has 0 unspecified atom stereocenters. The smallest absolute Gasteiger partial charge is 0.0881 e. The van der Waals surface area contributed by atoms with Crippen molar-refractivity contribution in [2.24, 2.45) is 7.05 Å². The fraction of sp³-hybridized carbons (Fsp3) is 0.500. The summed E-state index contributed by atoms with van der Waals surface area (Å²) >= 11 is 0. The predicted octanol–water partition coefficient (Wildman–Crippen LogP) is 2.98. The van der Waals surface area contributed by atoms with Crippen LogP contribution < -0.4 is 5.32 Å². The monoisotopic (exact) mass is 246 g/mol. The highest BCUT2D eigenvalue weighted by atomic mass is 15.3. The molecule has 0 fully saturated rings. The number of aromatic nitrogens is 3. The third-order valence-electron chi connectivity index (χ3n) is 3.06. The average Bonchev–Trinajstić information content (AvgIpc) is 2.92. The van der Waals surface area contributed by atoms with Crippen LogP contribution in [0.3, 0.4) is 0 Å². The van der Waals surface area contributed by atoms with Crippen molar-refractivity contribution in [3.8, 4) is 0 Å². The molecule has 0 aliphatic heterocycles. The van der Waals surface area contributed by atoms with Crippen LogP contribution in [0.5, 0.6) is 0 Å². The van der Waals surface area contributed by atoms with E-state index in [0.29, 0.717) is 5.92 Å². The molecule has 1 N–H and O–H groups in total. The first-order chi connectivity index (χ1) is 8.60. The molecule has 0 amide bonds. The summed E-state index contributed by atoms with van der Waals surface area (Å²) in [6.07, 6.45) is 6.34. The van der Waals surface area contributed by atoms with Gasteiger partial charge in [0.2, 0.25) is 0 Å². The van der Waals surface area contributed by atoms with Crippen molar-refractivity contribution in [2.75, 3.05) is 5.32 Å². The van der Waals surface area contributed by atoms with Gasteiger partial charge in [-0.25, -0.2) is 0 Å². The summed E-state index contributed by atoms with van der Waals surface area (Å²) in [5, 5.41) is 7.97. The summed E-state index contributed by atoms with van der Waals surface area (Å²) in [6, 6.07) is 2.15. The Labute approximate surface area is 109 Å². The summed E-state index contributed by atoms with van der Waals surface area (Å²) < 4.78 is 4.05. The Kier molecular flexibility index (Phi) is 3.75. The highest BCUT2D eigenvalue weighted by Crippen LogP contribution is 2.22. The van der Waals surface area contributed by atoms with Crippen LogP contribution in [0.25, 0.3) is 0 Å². The van der Waals surface area contributed by atoms with Gasteiger partial charge in [0.05, 0.1) is 11.4 Å². The number of nitrogens with zero attached hydrogens (tertiary/aromatic N) is 3. The van der Waals surface area contributed by atoms with Crippen LogP contribution in [-0.4, -0.2) is 14.3 Å². The van der Waals surface area contributed by atoms with E-state index in [1.54, 1.807) is 0 Å². The standard InChI is InChI=1S/C14H22N4/c1-5-18-7-6-12(9-18)8-15-13-10-17(4)16-14(13)11(2)3/h6-7,9-11,15H,5,8H2,1-4H3. The molecule has 0 atom stereocenters. The fourth-order valence-electron chi connectivity index (χ4n) is 2.06. The van der Waals surface area contributed by atoms with Crippen molar-refractivity contribution < 1.29 is 0 Å². The average molecular weight is 246 g/mol. The number of hydrogen-bond acceptors (Lipinski definition) is 2. The van der Waals surface area contributed by atoms with Crippen molar-refractivity contribution in [1.82, 2.24) is 14.3 Å². The number of aryl methyl sites for hydroxylation is 2. The van der Waals surface area contributed by atoms with Crippen molar-refractivity contribution in [2.45, 2.75) is 39.8 Å². The van der Waals surface area contributed by atoms with Crippen LogP contribution in [0.2, 0.25) is 0 Å². The Hall–Kier alpha value is -1.71. The van der Waals surface area contributed by atoms with Gasteiger partial charge in [-0.3, -0.25) is 4.68 Å². The minimum Gasteiger partial charge on any atom is -0.378 e. The molecule has 2 aromatic rings. The zero-order valence-corrected chi connectivity index (χ0v) is 11.6. The summed E-state index contributed by atoms with van der Waals surface area (Å²) in [7, 11) is 1.96. The lowest BCUT2D eigenvalue weighted by Gasteiger charge is -2.07. The minimum absolute atomic E-state index is 0.439. The molecule has 0 aliphatic carbocycles. The minimum atomic E-state index is 0.439. The van der Waals surface area contributed by atoms with E-state index >= 15 is 0 Å². The first kappa shape index (κ1) is 12.7. The van der Waals surface area contributed by atoms with Gasteiger partial charge in [0, 0.05) is 38.7 Å². The molecule has 98 valence electrons. The Bertz CT molecular complexity index is 508. The summed E-state index contributed by atoms with van der Waals surface area (Å²) in [5.74, 6) is 0.439. The predicted molar refractivity (Wildman–Crippen MR) is 74.7 cm³/mol. The second-order valence-electron chi connectivity index (χ2n) is 4.96. The van der Waals surface area contributed by atoms with Crippen molar-refractivity contribution in [1.29, 1.82) is 0 Å². The summed E-state index contributed by atoms with van der Waals surface area (Å²) in [5.41, 5.74) is 3.57. The molecule has 2 rings (SSSR count). The van der Waals surface area contributed by atoms with Gasteiger partial charge in [0.25, 0.3) is 0 Å². The maximum absolute atomic E-state index is 4.49. The lowest BCUT2D eigenvalue weighted by Crippen LogP contribution is -2.01. The van der Waals surface area contributed by atoms with Gasteiger partial charge < -0.3 is 9.88 Å². The first-order valence-corrected chi connectivity index (χ1v) is 6.52. The van der Waals surface area contributed by atoms with E-state index in [4.69, 9.17) is 0 Å². The second kappa shape index (κ2) is 5.29. The molecule has 0 spiro atoms. The molecule has 2 heterocycles. The lowest BCUT2D eigenvalue weighted by atomic mass is 10.1. The SMILES string of the molecule is CCn1ccc(CNc2cn(C)nc2C(C)C)c1. The number of rotatable bonds is 5. The molecule has 0 aliphatic rings. The number of nitrogens with one attached hydrogen (secondary N) is 1. The van der Waals surface area contributed by atoms with Gasteiger partial charge in [-0.2, -0.15) is 5.10 Å². The Balaban J connectivity index is 2.05. The molecular weight excluding hydrogens is 224 g/mol. The van der Waals surface area contributed by atoms with Gasteiger partial charge in [-0.15, -0.1) is 0 Å². The molecule has 18 heavy (non-hydrogen) atoms. The van der Waals surface area contributed by atoms with E-state index in [1.165, 1.54) is 5.56 Å². The van der Waals surface area contributed by atoms with Gasteiger partial charge in [0.1, 0.15) is 0 Å². The van der Waals surface area contributed by atoms with Crippen molar-refractivity contribution in [3.05, 3.63) is 35.9 Å². The van der Waals surface area contributed by atoms with E-state index in [2.05, 4.69) is 54.2 Å². The van der Waals surface area contributed by atoms with E-state index in [-0.39, 0.29) is 0 Å². The molecule has 4 heteroatoms. The lowest BCUT2D eigenvalue weighted by molar-refractivity contribution is 0.713. The van der Waals surface area contributed by atoms with E-state index in [0.717, 1.165) is 24.5 Å². The third-order valence-corrected chi connectivity index (χ3v) is 3.06. The topological polar surface area (TPSA) is 34.8 Å². The van der Waals surface area contributed by atoms with Crippen LogP contribution in [0, 0.1) is 0 Å². The molecule has 0 radical (unpaired) electrons. The molecular formula is C14H22N4. The van der Waals surface area contributed by atoms with Crippen molar-refractivity contribution in [3.63, 3.8) is 0 Å². The second-order valence-corrected chi connectivity index (χ2v) is 4.96. The normalized spacial score (nSPS) is 11.2. The quantitative estimate of drug-likeness (QED) is 0.880. The Morgan fingerprint density at radius 2 is 2.11 bits per heavy atom. The van der Waals surface area contributed by atoms with E-state index in [1.807, 2.05) is 17.9 Å². The van der Waals surface area contributed by atoms with Gasteiger partial charge in [0.15, 0.2) is 0 Å². The zero-order chi connectivity index (χ0) is 13.1. The Morgan fingerprint density at radius 3 is 2.72 bits per heavy atom. The summed E-state index contributed by atoms with van der Waals surface area (Å²) in [6.45, 7) is 8.35. The van der Waals surface area contributed by atoms with E-state index in [9.17, 15) is 0 Å². The summed E-state index contributed by atoms with van der Waals surface area (Å²) in [4.78, 5) is 0. The maximum Gasteiger partial charge on any atom is 0.0881 e. The van der Waals surface area contributed by atoms with Crippen LogP contribution in [0.4, 0.5) is 5.69 Å². The first-order valence-electron chi connectivity index (χ1n) is 6.52. The van der Waals surface area contributed by atoms with Crippen LogP contribution >= 0.6 is 0 Å². The molecule has 2 aromatic heterocycles. The van der Waals surface area contributed by atoms with Crippen molar-refractivity contribution >= 4 is 5.69 Å². The number of hydrogen-bond donors (Lipinski definition) is 1. The van der Waals surface area contributed by atoms with Crippen LogP contribution in [0.1, 0.15) is 37.9 Å². The van der Waals surface area contributed by atoms with Crippen LogP contribution in [0.15, 0.2) is 24.7 Å². The maximum atomic E-state index is 4.49. The molecule has 0 aromatic carbocycles. The highest BCUT2D eigenvalue weighted by Gasteiger charge is 2.10. The zero-order valence-electron chi connectivity index (χ0n) is 11.6. The molecule has 0 saturated heterocycles. The fourth-order valence-corrected chi connectivity index (χ4v) is 2.06. The third kappa shape index (κ3) is 2.75. The Morgan fingerprint density at radius 1 is 1.33 bits per heavy atom. The molecule has 0 bridgehead atoms. The largest absolute Gasteiger partial charge is 0.378 e. The van der Waals surface area contributed by atoms with E-state index < -0.39 is 0 Å². The molecule has 4 nitrogen and oxygen atoms in total. The number of anilines is 1. The molecule has 0 saturated carbocycles. The van der Waals surface area contributed by atoms with Crippen LogP contribution in [-0.2, 0) is 20.1 Å². The van der Waals surface area contributed by atoms with Gasteiger partial charge in [-0.05, 0) is 24.5 Å².